The summed E-state index contributed by atoms with van der Waals surface area (Å²) in [6.07, 6.45) is 5.91. The number of rotatable bonds is 8. The molecule has 3 nitrogen and oxygen atoms in total. The summed E-state index contributed by atoms with van der Waals surface area (Å²) in [7, 11) is 0. The highest BCUT2D eigenvalue weighted by atomic mass is 15.1. The lowest BCUT2D eigenvalue weighted by molar-refractivity contribution is 0.673. The van der Waals surface area contributed by atoms with Gasteiger partial charge in [-0.15, -0.1) is 0 Å². The minimum Gasteiger partial charge on any atom is -0.370 e. The van der Waals surface area contributed by atoms with Gasteiger partial charge in [0.1, 0.15) is 0 Å². The van der Waals surface area contributed by atoms with Gasteiger partial charge in [-0.25, -0.2) is 0 Å². The number of guanidine groups is 1. The van der Waals surface area contributed by atoms with Crippen molar-refractivity contribution in [2.75, 3.05) is 13.1 Å². The highest BCUT2D eigenvalue weighted by Crippen LogP contribution is 2.03. The maximum absolute atomic E-state index is 5.82. The second-order valence-corrected chi connectivity index (χ2v) is 4.99. The van der Waals surface area contributed by atoms with Gasteiger partial charge in [0.15, 0.2) is 5.96 Å². The average Bonchev–Trinajstić information content (AvgIpc) is 2.38. The molecule has 3 heteroatoms. The van der Waals surface area contributed by atoms with Crippen LogP contribution in [0.25, 0.3) is 0 Å². The van der Waals surface area contributed by atoms with E-state index >= 15 is 0 Å². The van der Waals surface area contributed by atoms with Crippen LogP contribution < -0.4 is 11.1 Å². The number of nitrogens with one attached hydrogen (secondary N) is 1. The van der Waals surface area contributed by atoms with Crippen molar-refractivity contribution < 1.29 is 0 Å². The van der Waals surface area contributed by atoms with Gasteiger partial charge >= 0.3 is 0 Å². The summed E-state index contributed by atoms with van der Waals surface area (Å²) in [5, 5.41) is 3.17. The lowest BCUT2D eigenvalue weighted by atomic mass is 10.1. The Morgan fingerprint density at radius 3 is 2.84 bits per heavy atom. The fraction of sp³-hybridized carbons (Fsp3) is 0.562. The number of benzene rings is 1. The third-order valence-electron chi connectivity index (χ3n) is 3.10. The van der Waals surface area contributed by atoms with Crippen LogP contribution in [0.1, 0.15) is 43.7 Å². The van der Waals surface area contributed by atoms with Crippen LogP contribution in [0.3, 0.4) is 0 Å². The van der Waals surface area contributed by atoms with Crippen molar-refractivity contribution in [1.82, 2.24) is 5.32 Å². The predicted molar refractivity (Wildman–Crippen MR) is 83.5 cm³/mol. The van der Waals surface area contributed by atoms with E-state index in [0.29, 0.717) is 5.96 Å². The molecule has 0 unspecified atom stereocenters. The zero-order valence-corrected chi connectivity index (χ0v) is 12.3. The van der Waals surface area contributed by atoms with E-state index in [1.165, 1.54) is 30.4 Å². The number of nitrogens with two attached hydrogens (primary N) is 1. The van der Waals surface area contributed by atoms with E-state index in [1.807, 2.05) is 0 Å². The van der Waals surface area contributed by atoms with Gasteiger partial charge in [-0.3, -0.25) is 4.99 Å². The fourth-order valence-corrected chi connectivity index (χ4v) is 2.00. The van der Waals surface area contributed by atoms with Crippen LogP contribution in [-0.4, -0.2) is 19.0 Å². The van der Waals surface area contributed by atoms with E-state index < -0.39 is 0 Å². The first-order valence-electron chi connectivity index (χ1n) is 7.31. The third kappa shape index (κ3) is 7.50. The largest absolute Gasteiger partial charge is 0.370 e. The molecule has 1 rings (SSSR count). The Hall–Kier alpha value is -1.51. The van der Waals surface area contributed by atoms with Crippen molar-refractivity contribution in [2.45, 2.75) is 46.0 Å². The summed E-state index contributed by atoms with van der Waals surface area (Å²) in [6.45, 7) is 6.00. The maximum atomic E-state index is 5.82. The third-order valence-corrected chi connectivity index (χ3v) is 3.10. The summed E-state index contributed by atoms with van der Waals surface area (Å²) >= 11 is 0. The molecule has 0 saturated heterocycles. The molecule has 0 bridgehead atoms. The van der Waals surface area contributed by atoms with Crippen molar-refractivity contribution in [2.24, 2.45) is 10.7 Å². The van der Waals surface area contributed by atoms with Gasteiger partial charge in [0.05, 0.1) is 0 Å². The van der Waals surface area contributed by atoms with Crippen LogP contribution >= 0.6 is 0 Å². The predicted octanol–water partition coefficient (Wildman–Crippen LogP) is 3.02. The molecule has 0 amide bonds. The molecule has 0 spiro atoms. The van der Waals surface area contributed by atoms with Crippen LogP contribution in [0, 0.1) is 6.92 Å². The number of hydrogen-bond acceptors (Lipinski definition) is 1. The number of nitrogens with zero attached hydrogens (tertiary/aromatic N) is 1. The smallest absolute Gasteiger partial charge is 0.188 e. The number of aliphatic imine (C=N–C) groups is 1. The summed E-state index contributed by atoms with van der Waals surface area (Å²) in [6, 6.07) is 8.56. The zero-order chi connectivity index (χ0) is 13.9. The van der Waals surface area contributed by atoms with Crippen LogP contribution in [0.15, 0.2) is 29.3 Å². The van der Waals surface area contributed by atoms with Gasteiger partial charge in [0.25, 0.3) is 0 Å². The van der Waals surface area contributed by atoms with Crippen molar-refractivity contribution in [3.63, 3.8) is 0 Å². The zero-order valence-electron chi connectivity index (χ0n) is 12.3. The normalized spacial score (nSPS) is 11.6. The number of unbranched alkanes of at least 4 members (excludes halogenated alkanes) is 3. The second kappa shape index (κ2) is 9.42. The van der Waals surface area contributed by atoms with E-state index in [2.05, 4.69) is 48.4 Å². The minimum absolute atomic E-state index is 0.573. The molecule has 0 atom stereocenters. The van der Waals surface area contributed by atoms with Crippen molar-refractivity contribution >= 4 is 5.96 Å². The molecule has 106 valence electrons. The van der Waals surface area contributed by atoms with Crippen molar-refractivity contribution in [3.8, 4) is 0 Å². The van der Waals surface area contributed by atoms with E-state index in [1.54, 1.807) is 0 Å². The lowest BCUT2D eigenvalue weighted by Crippen LogP contribution is -2.33. The van der Waals surface area contributed by atoms with Crippen LogP contribution in [0.2, 0.25) is 0 Å². The minimum atomic E-state index is 0.573. The summed E-state index contributed by atoms with van der Waals surface area (Å²) in [4.78, 5) is 4.33. The molecular weight excluding hydrogens is 234 g/mol. The Labute approximate surface area is 117 Å². The highest BCUT2D eigenvalue weighted by Gasteiger charge is 1.95. The van der Waals surface area contributed by atoms with Crippen LogP contribution in [-0.2, 0) is 6.42 Å². The van der Waals surface area contributed by atoms with Crippen molar-refractivity contribution in [1.29, 1.82) is 0 Å². The molecule has 0 aliphatic rings. The first-order valence-corrected chi connectivity index (χ1v) is 7.31. The first-order chi connectivity index (χ1) is 9.22. The maximum Gasteiger partial charge on any atom is 0.188 e. The van der Waals surface area contributed by atoms with Gasteiger partial charge < -0.3 is 11.1 Å². The highest BCUT2D eigenvalue weighted by molar-refractivity contribution is 5.77. The molecular formula is C16H27N3. The SMILES string of the molecule is CCCCCCN=C(N)NCCc1cccc(C)c1. The topological polar surface area (TPSA) is 50.4 Å². The standard InChI is InChI=1S/C16H27N3/c1-3-4-5-6-11-18-16(17)19-12-10-15-9-7-8-14(2)13-15/h7-9,13H,3-6,10-12H2,1-2H3,(H3,17,18,19). The van der Waals surface area contributed by atoms with E-state index in [9.17, 15) is 0 Å². The van der Waals surface area contributed by atoms with E-state index in [4.69, 9.17) is 5.73 Å². The molecule has 0 aliphatic carbocycles. The summed E-state index contributed by atoms with van der Waals surface area (Å²) in [5.74, 6) is 0.573. The molecule has 0 heterocycles. The molecule has 3 N–H and O–H groups in total. The first kappa shape index (κ1) is 15.5. The quantitative estimate of drug-likeness (QED) is 0.429. The van der Waals surface area contributed by atoms with Crippen LogP contribution in [0.4, 0.5) is 0 Å². The molecule has 1 aromatic rings. The fourth-order valence-electron chi connectivity index (χ4n) is 2.00. The van der Waals surface area contributed by atoms with Crippen molar-refractivity contribution in [3.05, 3.63) is 35.4 Å². The van der Waals surface area contributed by atoms with E-state index in [0.717, 1.165) is 25.9 Å². The molecule has 0 fully saturated rings. The second-order valence-electron chi connectivity index (χ2n) is 4.99. The molecule has 19 heavy (non-hydrogen) atoms. The Morgan fingerprint density at radius 2 is 2.11 bits per heavy atom. The monoisotopic (exact) mass is 261 g/mol. The average molecular weight is 261 g/mol. The van der Waals surface area contributed by atoms with Gasteiger partial charge in [-0.2, -0.15) is 0 Å². The van der Waals surface area contributed by atoms with Gasteiger partial charge in [-0.05, 0) is 25.3 Å². The van der Waals surface area contributed by atoms with Gasteiger partial charge in [0.2, 0.25) is 0 Å². The van der Waals surface area contributed by atoms with Gasteiger partial charge in [0, 0.05) is 13.1 Å². The number of aryl methyl sites for hydroxylation is 1. The molecule has 0 radical (unpaired) electrons. The summed E-state index contributed by atoms with van der Waals surface area (Å²) in [5.41, 5.74) is 8.46. The summed E-state index contributed by atoms with van der Waals surface area (Å²) < 4.78 is 0. The molecule has 0 aromatic heterocycles. The molecule has 0 aliphatic heterocycles. The molecule has 0 saturated carbocycles. The Balaban J connectivity index is 2.16. The lowest BCUT2D eigenvalue weighted by Gasteiger charge is -2.06. The Kier molecular flexibility index (Phi) is 7.71. The molecule has 1 aromatic carbocycles. The van der Waals surface area contributed by atoms with E-state index in [-0.39, 0.29) is 0 Å². The Bertz CT molecular complexity index is 385. The Morgan fingerprint density at radius 1 is 1.26 bits per heavy atom. The number of hydrogen-bond donors (Lipinski definition) is 2. The van der Waals surface area contributed by atoms with Crippen LogP contribution in [0.5, 0.6) is 0 Å². The van der Waals surface area contributed by atoms with Gasteiger partial charge in [-0.1, -0.05) is 56.0 Å².